The van der Waals surface area contributed by atoms with Crippen molar-refractivity contribution in [1.29, 1.82) is 0 Å². The smallest absolute Gasteiger partial charge is 0.183 e. The number of carbonyl (C=O) groups excluding carboxylic acids is 1. The third kappa shape index (κ3) is 1.45. The van der Waals surface area contributed by atoms with Gasteiger partial charge in [-0.3, -0.25) is 9.79 Å². The van der Waals surface area contributed by atoms with Gasteiger partial charge in [-0.15, -0.1) is 0 Å². The van der Waals surface area contributed by atoms with E-state index in [4.69, 9.17) is 0 Å². The fourth-order valence-electron chi connectivity index (χ4n) is 2.90. The van der Waals surface area contributed by atoms with Crippen LogP contribution in [0.2, 0.25) is 0 Å². The van der Waals surface area contributed by atoms with E-state index in [2.05, 4.69) is 16.0 Å². The first-order chi connectivity index (χ1) is 9.34. The lowest BCUT2D eigenvalue weighted by Crippen LogP contribution is -2.12. The number of aromatic amines is 1. The van der Waals surface area contributed by atoms with E-state index in [9.17, 15) is 4.79 Å². The van der Waals surface area contributed by atoms with Gasteiger partial charge in [-0.1, -0.05) is 24.3 Å². The molecule has 92 valence electrons. The van der Waals surface area contributed by atoms with Crippen LogP contribution in [0, 0.1) is 0 Å². The first kappa shape index (κ1) is 10.5. The highest BCUT2D eigenvalue weighted by Crippen LogP contribution is 2.37. The number of fused-ring (bicyclic) bond motifs is 4. The minimum absolute atomic E-state index is 0.175. The molecule has 2 aliphatic rings. The molecule has 0 fully saturated rings. The van der Waals surface area contributed by atoms with Crippen LogP contribution in [0.5, 0.6) is 0 Å². The Hall–Kier alpha value is -2.42. The number of hydrogen-bond donors (Lipinski definition) is 1. The quantitative estimate of drug-likeness (QED) is 0.762. The van der Waals surface area contributed by atoms with Crippen molar-refractivity contribution >= 4 is 28.5 Å². The number of para-hydroxylation sites is 1. The van der Waals surface area contributed by atoms with Gasteiger partial charge in [0, 0.05) is 40.9 Å². The molecule has 1 N–H and O–H groups in total. The summed E-state index contributed by atoms with van der Waals surface area (Å²) >= 11 is 0. The third-order valence-corrected chi connectivity index (χ3v) is 3.77. The van der Waals surface area contributed by atoms with Crippen molar-refractivity contribution in [1.82, 2.24) is 4.98 Å². The van der Waals surface area contributed by atoms with Gasteiger partial charge in [0.25, 0.3) is 0 Å². The first-order valence-corrected chi connectivity index (χ1v) is 6.39. The standard InChI is InChI=1S/C16H12N2O/c19-14-8-10-4-3-7-17-9-12(10)15-11-5-1-2-6-13(11)18-16(14)15/h1-3,5-7,9,18H,4,8H2. The zero-order chi connectivity index (χ0) is 12.8. The largest absolute Gasteiger partial charge is 0.352 e. The van der Waals surface area contributed by atoms with Crippen LogP contribution in [-0.4, -0.2) is 17.0 Å². The molecule has 1 aliphatic carbocycles. The molecule has 3 nitrogen and oxygen atoms in total. The van der Waals surface area contributed by atoms with Crippen LogP contribution in [-0.2, 0) is 0 Å². The predicted octanol–water partition coefficient (Wildman–Crippen LogP) is 3.50. The number of H-pyrrole nitrogens is 1. The van der Waals surface area contributed by atoms with Gasteiger partial charge in [-0.05, 0) is 18.1 Å². The van der Waals surface area contributed by atoms with Gasteiger partial charge >= 0.3 is 0 Å². The topological polar surface area (TPSA) is 45.2 Å². The van der Waals surface area contributed by atoms with Crippen LogP contribution in [0.25, 0.3) is 16.5 Å². The lowest BCUT2D eigenvalue weighted by Gasteiger charge is -2.16. The number of hydrogen-bond acceptors (Lipinski definition) is 2. The molecular weight excluding hydrogens is 236 g/mol. The Morgan fingerprint density at radius 2 is 2.11 bits per heavy atom. The first-order valence-electron chi connectivity index (χ1n) is 6.39. The normalized spacial score (nSPS) is 17.6. The van der Waals surface area contributed by atoms with Crippen LogP contribution in [0.4, 0.5) is 0 Å². The maximum atomic E-state index is 12.3. The average Bonchev–Trinajstić information content (AvgIpc) is 2.67. The molecule has 1 aromatic heterocycles. The summed E-state index contributed by atoms with van der Waals surface area (Å²) in [6.07, 6.45) is 6.99. The maximum absolute atomic E-state index is 12.3. The number of carbonyl (C=O) groups is 1. The Balaban J connectivity index is 2.09. The second-order valence-corrected chi connectivity index (χ2v) is 4.90. The highest BCUT2D eigenvalue weighted by Gasteiger charge is 2.27. The van der Waals surface area contributed by atoms with Crippen molar-refractivity contribution in [3.05, 3.63) is 53.4 Å². The Bertz CT molecular complexity index is 790. The maximum Gasteiger partial charge on any atom is 0.183 e. The number of benzene rings is 1. The van der Waals surface area contributed by atoms with Crippen LogP contribution in [0.3, 0.4) is 0 Å². The molecule has 4 rings (SSSR count). The van der Waals surface area contributed by atoms with Crippen LogP contribution < -0.4 is 0 Å². The molecule has 0 amide bonds. The summed E-state index contributed by atoms with van der Waals surface area (Å²) in [6.45, 7) is 0. The highest BCUT2D eigenvalue weighted by atomic mass is 16.1. The number of aromatic nitrogens is 1. The average molecular weight is 248 g/mol. The summed E-state index contributed by atoms with van der Waals surface area (Å²) < 4.78 is 0. The van der Waals surface area contributed by atoms with Gasteiger partial charge in [-0.2, -0.15) is 0 Å². The number of ketones is 1. The second kappa shape index (κ2) is 3.79. The highest BCUT2D eigenvalue weighted by molar-refractivity contribution is 6.24. The lowest BCUT2D eigenvalue weighted by molar-refractivity contribution is 0.0987. The Morgan fingerprint density at radius 3 is 3.05 bits per heavy atom. The lowest BCUT2D eigenvalue weighted by atomic mass is 9.86. The number of nitrogens with one attached hydrogen (secondary N) is 1. The van der Waals surface area contributed by atoms with Crippen molar-refractivity contribution in [3.8, 4) is 0 Å². The zero-order valence-electron chi connectivity index (χ0n) is 10.3. The molecule has 0 unspecified atom stereocenters. The van der Waals surface area contributed by atoms with Crippen molar-refractivity contribution < 1.29 is 4.79 Å². The van der Waals surface area contributed by atoms with E-state index in [1.54, 1.807) is 6.20 Å². The van der Waals surface area contributed by atoms with Crippen LogP contribution >= 0.6 is 0 Å². The fraction of sp³-hybridized carbons (Fsp3) is 0.125. The molecule has 0 saturated carbocycles. The number of aliphatic imine (C=N–C) groups is 1. The molecule has 2 heterocycles. The minimum atomic E-state index is 0.175. The zero-order valence-corrected chi connectivity index (χ0v) is 10.3. The summed E-state index contributed by atoms with van der Waals surface area (Å²) in [6, 6.07) is 8.04. The molecule has 2 aromatic rings. The monoisotopic (exact) mass is 248 g/mol. The summed E-state index contributed by atoms with van der Waals surface area (Å²) in [5.74, 6) is 0.175. The number of rotatable bonds is 0. The number of nitrogens with zero attached hydrogens (tertiary/aromatic N) is 1. The van der Waals surface area contributed by atoms with Crippen molar-refractivity contribution in [3.63, 3.8) is 0 Å². The predicted molar refractivity (Wildman–Crippen MR) is 76.4 cm³/mol. The summed E-state index contributed by atoms with van der Waals surface area (Å²) in [5.41, 5.74) is 5.04. The fourth-order valence-corrected chi connectivity index (χ4v) is 2.90. The molecule has 0 bridgehead atoms. The molecule has 1 aromatic carbocycles. The summed E-state index contributed by atoms with van der Waals surface area (Å²) in [7, 11) is 0. The Labute approximate surface area is 110 Å². The van der Waals surface area contributed by atoms with Crippen molar-refractivity contribution in [2.24, 2.45) is 4.99 Å². The summed E-state index contributed by atoms with van der Waals surface area (Å²) in [4.78, 5) is 19.8. The van der Waals surface area contributed by atoms with Crippen LogP contribution in [0.15, 0.2) is 47.1 Å². The molecule has 0 saturated heterocycles. The van der Waals surface area contributed by atoms with E-state index >= 15 is 0 Å². The van der Waals surface area contributed by atoms with E-state index in [1.165, 1.54) is 5.57 Å². The second-order valence-electron chi connectivity index (χ2n) is 4.90. The van der Waals surface area contributed by atoms with Gasteiger partial charge in [0.05, 0.1) is 5.69 Å². The Morgan fingerprint density at radius 1 is 1.21 bits per heavy atom. The molecule has 19 heavy (non-hydrogen) atoms. The van der Waals surface area contributed by atoms with Gasteiger partial charge in [0.2, 0.25) is 0 Å². The van der Waals surface area contributed by atoms with Gasteiger partial charge < -0.3 is 4.98 Å². The molecule has 0 spiro atoms. The Kier molecular flexibility index (Phi) is 2.09. The van der Waals surface area contributed by atoms with Gasteiger partial charge in [0.1, 0.15) is 0 Å². The van der Waals surface area contributed by atoms with Gasteiger partial charge in [0.15, 0.2) is 5.78 Å². The van der Waals surface area contributed by atoms with Crippen LogP contribution in [0.1, 0.15) is 28.9 Å². The van der Waals surface area contributed by atoms with E-state index in [0.29, 0.717) is 6.42 Å². The van der Waals surface area contributed by atoms with E-state index in [-0.39, 0.29) is 5.78 Å². The molecule has 3 heteroatoms. The number of Topliss-reactive ketones (excluding diaryl/α,β-unsaturated/α-hetero) is 1. The number of allylic oxidation sites excluding steroid dienone is 3. The van der Waals surface area contributed by atoms with Crippen molar-refractivity contribution in [2.75, 3.05) is 0 Å². The minimum Gasteiger partial charge on any atom is -0.352 e. The van der Waals surface area contributed by atoms with E-state index in [0.717, 1.165) is 34.2 Å². The van der Waals surface area contributed by atoms with E-state index in [1.807, 2.05) is 30.5 Å². The molecular formula is C16H12N2O. The van der Waals surface area contributed by atoms with Gasteiger partial charge in [-0.25, -0.2) is 0 Å². The van der Waals surface area contributed by atoms with Crippen molar-refractivity contribution in [2.45, 2.75) is 12.8 Å². The molecule has 1 aliphatic heterocycles. The molecule has 0 radical (unpaired) electrons. The SMILES string of the molecule is O=C1CC2=C(C=NC=CC2)c2c1[nH]c1ccccc21. The third-order valence-electron chi connectivity index (χ3n) is 3.77. The van der Waals surface area contributed by atoms with E-state index < -0.39 is 0 Å². The summed E-state index contributed by atoms with van der Waals surface area (Å²) in [5, 5.41) is 1.10. The molecule has 0 atom stereocenters.